The number of hydrogen-bond donors (Lipinski definition) is 0. The summed E-state index contributed by atoms with van der Waals surface area (Å²) in [6.07, 6.45) is 15.8. The van der Waals surface area contributed by atoms with E-state index in [1.165, 1.54) is 51.4 Å². The highest BCUT2D eigenvalue weighted by Crippen LogP contribution is 2.55. The van der Waals surface area contributed by atoms with Crippen LogP contribution in [0, 0.1) is 41.4 Å². The van der Waals surface area contributed by atoms with E-state index in [-0.39, 0.29) is 12.0 Å². The molecule has 1 saturated heterocycles. The van der Waals surface area contributed by atoms with Gasteiger partial charge < -0.3 is 4.74 Å². The Bertz CT molecular complexity index is 521. The first-order valence-electron chi connectivity index (χ1n) is 12.2. The molecule has 0 bridgehead atoms. The van der Waals surface area contributed by atoms with Gasteiger partial charge in [-0.1, -0.05) is 31.9 Å². The highest BCUT2D eigenvalue weighted by molar-refractivity contribution is 4.98. The van der Waals surface area contributed by atoms with Crippen LogP contribution in [0.4, 0.5) is 8.78 Å². The van der Waals surface area contributed by atoms with E-state index in [0.29, 0.717) is 5.92 Å². The van der Waals surface area contributed by atoms with Crippen molar-refractivity contribution < 1.29 is 13.5 Å². The van der Waals surface area contributed by atoms with Gasteiger partial charge in [-0.2, -0.15) is 8.78 Å². The van der Waals surface area contributed by atoms with Crippen LogP contribution in [0.2, 0.25) is 0 Å². The summed E-state index contributed by atoms with van der Waals surface area (Å²) in [6.45, 7) is 4.41. The molecule has 3 saturated carbocycles. The summed E-state index contributed by atoms with van der Waals surface area (Å²) in [5.41, 5.74) is 0. The molecule has 1 aliphatic heterocycles. The van der Waals surface area contributed by atoms with Gasteiger partial charge in [0.05, 0.1) is 12.0 Å². The molecule has 0 amide bonds. The second-order valence-corrected chi connectivity index (χ2v) is 10.6. The monoisotopic (exact) mass is 394 g/mol. The smallest absolute Gasteiger partial charge is 0.316 e. The van der Waals surface area contributed by atoms with E-state index in [0.717, 1.165) is 49.4 Å². The van der Waals surface area contributed by atoms with Crippen LogP contribution >= 0.6 is 0 Å². The van der Waals surface area contributed by atoms with Crippen LogP contribution < -0.4 is 0 Å². The minimum Gasteiger partial charge on any atom is -0.316 e. The van der Waals surface area contributed by atoms with Crippen molar-refractivity contribution in [2.75, 3.05) is 0 Å². The zero-order valence-electron chi connectivity index (χ0n) is 17.9. The number of ether oxygens (including phenoxy) is 1. The van der Waals surface area contributed by atoms with Crippen LogP contribution in [0.3, 0.4) is 0 Å². The third-order valence-corrected chi connectivity index (χ3v) is 8.83. The molecule has 0 aromatic carbocycles. The summed E-state index contributed by atoms with van der Waals surface area (Å²) >= 11 is 0. The first-order valence-corrected chi connectivity index (χ1v) is 12.2. The van der Waals surface area contributed by atoms with Crippen LogP contribution in [0.1, 0.15) is 90.9 Å². The van der Waals surface area contributed by atoms with Crippen LogP contribution in [0.25, 0.3) is 0 Å². The Morgan fingerprint density at radius 1 is 0.714 bits per heavy atom. The van der Waals surface area contributed by atoms with Gasteiger partial charge in [0.1, 0.15) is 0 Å². The van der Waals surface area contributed by atoms with Crippen molar-refractivity contribution in [1.82, 2.24) is 0 Å². The van der Waals surface area contributed by atoms with Crippen molar-refractivity contribution in [3.05, 3.63) is 12.2 Å². The summed E-state index contributed by atoms with van der Waals surface area (Å²) in [5.74, 6) is 3.22. The average Bonchev–Trinajstić information content (AvgIpc) is 2.69. The minimum absolute atomic E-state index is 0.166. The zero-order valence-corrected chi connectivity index (χ0v) is 17.9. The topological polar surface area (TPSA) is 9.23 Å². The van der Waals surface area contributed by atoms with Crippen molar-refractivity contribution in [2.45, 2.75) is 103 Å². The Kier molecular flexibility index (Phi) is 6.50. The largest absolute Gasteiger partial charge is 0.361 e. The Hall–Kier alpha value is -0.440. The molecule has 3 aliphatic carbocycles. The molecule has 3 heteroatoms. The molecular formula is C25H40F2O. The second-order valence-electron chi connectivity index (χ2n) is 10.6. The quantitative estimate of drug-likeness (QED) is 0.446. The molecule has 4 aliphatic rings. The number of hydrogen-bond acceptors (Lipinski definition) is 1. The standard InChI is InChI=1S/C25H40F2O/c1-3-4-18-7-11-19(12-8-18)20-13-15-21(16-14-20)23-24(28-25(23,26)27)22-9-5-17(2)6-10-22/h3-4,17-24H,5-16H2,1-2H3/t17?,18?,19?,20?,21?,22?,23-,24-/m0/s1. The van der Waals surface area contributed by atoms with Crippen molar-refractivity contribution in [3.63, 3.8) is 0 Å². The normalized spacial score (nSPS) is 47.0. The molecule has 0 N–H and O–H groups in total. The number of alkyl halides is 2. The summed E-state index contributed by atoms with van der Waals surface area (Å²) in [7, 11) is 0. The van der Waals surface area contributed by atoms with Gasteiger partial charge in [0.15, 0.2) is 0 Å². The molecule has 2 atom stereocenters. The van der Waals surface area contributed by atoms with E-state index >= 15 is 0 Å². The van der Waals surface area contributed by atoms with Crippen molar-refractivity contribution in [3.8, 4) is 0 Å². The molecule has 1 heterocycles. The van der Waals surface area contributed by atoms with Crippen LogP contribution in [0.15, 0.2) is 12.2 Å². The molecule has 4 rings (SSSR count). The third kappa shape index (κ3) is 4.35. The predicted octanol–water partition coefficient (Wildman–Crippen LogP) is 7.61. The fourth-order valence-corrected chi connectivity index (χ4v) is 7.06. The van der Waals surface area contributed by atoms with Gasteiger partial charge in [-0.25, -0.2) is 0 Å². The van der Waals surface area contributed by atoms with E-state index in [2.05, 4.69) is 26.0 Å². The van der Waals surface area contributed by atoms with Crippen LogP contribution in [0.5, 0.6) is 0 Å². The molecule has 0 unspecified atom stereocenters. The summed E-state index contributed by atoms with van der Waals surface area (Å²) in [6, 6.07) is 0. The molecule has 4 fully saturated rings. The van der Waals surface area contributed by atoms with Gasteiger partial charge in [0.2, 0.25) is 0 Å². The summed E-state index contributed by atoms with van der Waals surface area (Å²) in [5, 5.41) is 0. The van der Waals surface area contributed by atoms with E-state index in [1.54, 1.807) is 0 Å². The average molecular weight is 395 g/mol. The van der Waals surface area contributed by atoms with Gasteiger partial charge >= 0.3 is 6.11 Å². The summed E-state index contributed by atoms with van der Waals surface area (Å²) < 4.78 is 34.0. The first-order chi connectivity index (χ1) is 13.5. The Morgan fingerprint density at radius 2 is 1.21 bits per heavy atom. The minimum atomic E-state index is -2.87. The maximum absolute atomic E-state index is 14.4. The van der Waals surface area contributed by atoms with Crippen molar-refractivity contribution >= 4 is 0 Å². The molecular weight excluding hydrogens is 354 g/mol. The number of halogens is 2. The number of rotatable bonds is 4. The maximum Gasteiger partial charge on any atom is 0.361 e. The number of allylic oxidation sites excluding steroid dienone is 2. The third-order valence-electron chi connectivity index (χ3n) is 8.83. The Balaban J connectivity index is 1.29. The lowest BCUT2D eigenvalue weighted by Crippen LogP contribution is -2.61. The van der Waals surface area contributed by atoms with Gasteiger partial charge in [0, 0.05) is 0 Å². The Labute approximate surface area is 170 Å². The van der Waals surface area contributed by atoms with Gasteiger partial charge in [0.25, 0.3) is 0 Å². The lowest BCUT2D eigenvalue weighted by molar-refractivity contribution is -0.418. The second kappa shape index (κ2) is 8.74. The van der Waals surface area contributed by atoms with Crippen molar-refractivity contribution in [1.29, 1.82) is 0 Å². The van der Waals surface area contributed by atoms with Gasteiger partial charge in [-0.15, -0.1) is 0 Å². The van der Waals surface area contributed by atoms with E-state index in [9.17, 15) is 8.78 Å². The fourth-order valence-electron chi connectivity index (χ4n) is 7.06. The highest BCUT2D eigenvalue weighted by Gasteiger charge is 2.62. The Morgan fingerprint density at radius 3 is 1.75 bits per heavy atom. The molecule has 28 heavy (non-hydrogen) atoms. The molecule has 0 spiro atoms. The molecule has 0 aromatic rings. The molecule has 0 aromatic heterocycles. The zero-order chi connectivity index (χ0) is 19.7. The van der Waals surface area contributed by atoms with Crippen LogP contribution in [-0.2, 0) is 4.74 Å². The molecule has 1 nitrogen and oxygen atoms in total. The first kappa shape index (κ1) is 20.8. The molecule has 0 radical (unpaired) electrons. The van der Waals surface area contributed by atoms with Gasteiger partial charge in [-0.3, -0.25) is 0 Å². The highest BCUT2D eigenvalue weighted by atomic mass is 19.3. The van der Waals surface area contributed by atoms with Gasteiger partial charge in [-0.05, 0) is 107 Å². The van der Waals surface area contributed by atoms with Crippen molar-refractivity contribution in [2.24, 2.45) is 41.4 Å². The van der Waals surface area contributed by atoms with E-state index in [4.69, 9.17) is 4.74 Å². The maximum atomic E-state index is 14.4. The lowest BCUT2D eigenvalue weighted by Gasteiger charge is -2.53. The van der Waals surface area contributed by atoms with E-state index < -0.39 is 12.0 Å². The fraction of sp³-hybridized carbons (Fsp3) is 0.920. The SMILES string of the molecule is CC=CC1CCC(C2CCC([C@H]3[C@H](C4CCC(C)CC4)OC3(F)F)CC2)CC1. The summed E-state index contributed by atoms with van der Waals surface area (Å²) in [4.78, 5) is 0. The van der Waals surface area contributed by atoms with Crippen LogP contribution in [-0.4, -0.2) is 12.2 Å². The lowest BCUT2D eigenvalue weighted by atomic mass is 9.63. The van der Waals surface area contributed by atoms with E-state index in [1.807, 2.05) is 0 Å². The molecule has 160 valence electrons. The predicted molar refractivity (Wildman–Crippen MR) is 110 cm³/mol.